The van der Waals surface area contributed by atoms with Crippen LogP contribution in [0.1, 0.15) is 25.0 Å². The first-order valence-electron chi connectivity index (χ1n) is 10.0. The van der Waals surface area contributed by atoms with Crippen LogP contribution in [0.4, 0.5) is 13.2 Å². The van der Waals surface area contributed by atoms with Gasteiger partial charge in [-0.25, -0.2) is 18.8 Å². The minimum absolute atomic E-state index is 0.162. The Bertz CT molecular complexity index is 1170. The molecule has 0 amide bonds. The molecular weight excluding hydrogens is 443 g/mol. The Balaban J connectivity index is 1.72. The fraction of sp³-hybridized carbons (Fsp3) is 0.318. The second-order valence-corrected chi connectivity index (χ2v) is 7.09. The average Bonchev–Trinajstić information content (AvgIpc) is 3.09. The van der Waals surface area contributed by atoms with Crippen molar-refractivity contribution in [3.8, 4) is 17.2 Å². The van der Waals surface area contributed by atoms with Crippen LogP contribution in [0, 0.1) is 6.92 Å². The lowest BCUT2D eigenvalue weighted by molar-refractivity contribution is -0.274. The lowest BCUT2D eigenvalue weighted by Gasteiger charge is -2.15. The van der Waals surface area contributed by atoms with E-state index in [-0.39, 0.29) is 18.9 Å². The minimum Gasteiger partial charge on any atom is -0.479 e. The van der Waals surface area contributed by atoms with Gasteiger partial charge in [0, 0.05) is 0 Å². The Hall–Kier alpha value is -3.76. The van der Waals surface area contributed by atoms with Crippen LogP contribution in [-0.4, -0.2) is 39.4 Å². The summed E-state index contributed by atoms with van der Waals surface area (Å²) in [6, 6.07) is 10.1. The Labute approximate surface area is 187 Å². The summed E-state index contributed by atoms with van der Waals surface area (Å²) < 4.78 is 53.7. The number of aryl methyl sites for hydroxylation is 1. The molecule has 3 aromatic rings. The molecule has 11 heteroatoms. The fourth-order valence-electron chi connectivity index (χ4n) is 3.04. The predicted octanol–water partition coefficient (Wildman–Crippen LogP) is 3.62. The molecular formula is C22H22F3N3O5. The first kappa shape index (κ1) is 23.9. The van der Waals surface area contributed by atoms with E-state index in [1.165, 1.54) is 27.7 Å². The van der Waals surface area contributed by atoms with Gasteiger partial charge in [-0.05, 0) is 62.2 Å². The van der Waals surface area contributed by atoms with Gasteiger partial charge in [-0.15, -0.1) is 13.2 Å². The SMILES string of the molecule is CCOC(=O)C(C)Oc1ccc(Cn2ncn(-c3ccc(OC(F)(F)F)cc3)c2=O)cc1C. The second-order valence-electron chi connectivity index (χ2n) is 7.09. The third kappa shape index (κ3) is 6.15. The Kier molecular flexibility index (Phi) is 7.10. The van der Waals surface area contributed by atoms with Crippen LogP contribution < -0.4 is 15.2 Å². The van der Waals surface area contributed by atoms with Gasteiger partial charge < -0.3 is 14.2 Å². The summed E-state index contributed by atoms with van der Waals surface area (Å²) in [5, 5.41) is 4.08. The molecule has 2 aromatic carbocycles. The van der Waals surface area contributed by atoms with Crippen LogP contribution in [0.3, 0.4) is 0 Å². The summed E-state index contributed by atoms with van der Waals surface area (Å²) in [5.74, 6) is -0.337. The largest absolute Gasteiger partial charge is 0.573 e. The summed E-state index contributed by atoms with van der Waals surface area (Å²) in [6.07, 6.45) is -4.27. The van der Waals surface area contributed by atoms with Crippen molar-refractivity contribution in [1.29, 1.82) is 0 Å². The highest BCUT2D eigenvalue weighted by Gasteiger charge is 2.31. The normalized spacial score (nSPS) is 12.3. The number of hydrogen-bond acceptors (Lipinski definition) is 6. The van der Waals surface area contributed by atoms with Gasteiger partial charge in [-0.3, -0.25) is 0 Å². The van der Waals surface area contributed by atoms with Crippen molar-refractivity contribution >= 4 is 5.97 Å². The zero-order chi connectivity index (χ0) is 24.2. The smallest absolute Gasteiger partial charge is 0.479 e. The first-order valence-corrected chi connectivity index (χ1v) is 10.0. The molecule has 0 radical (unpaired) electrons. The highest BCUT2D eigenvalue weighted by atomic mass is 19.4. The van der Waals surface area contributed by atoms with E-state index in [0.29, 0.717) is 11.4 Å². The molecule has 1 heterocycles. The lowest BCUT2D eigenvalue weighted by atomic mass is 10.1. The van der Waals surface area contributed by atoms with E-state index in [1.54, 1.807) is 26.0 Å². The zero-order valence-corrected chi connectivity index (χ0v) is 18.1. The fourth-order valence-corrected chi connectivity index (χ4v) is 3.04. The molecule has 0 spiro atoms. The van der Waals surface area contributed by atoms with E-state index in [4.69, 9.17) is 9.47 Å². The molecule has 0 saturated heterocycles. The molecule has 3 rings (SSSR count). The van der Waals surface area contributed by atoms with Gasteiger partial charge in [-0.1, -0.05) is 12.1 Å². The highest BCUT2D eigenvalue weighted by Crippen LogP contribution is 2.24. The number of hydrogen-bond donors (Lipinski definition) is 0. The summed E-state index contributed by atoms with van der Waals surface area (Å²) in [6.45, 7) is 5.54. The van der Waals surface area contributed by atoms with E-state index in [9.17, 15) is 22.8 Å². The summed E-state index contributed by atoms with van der Waals surface area (Å²) in [7, 11) is 0. The Morgan fingerprint density at radius 3 is 2.45 bits per heavy atom. The molecule has 33 heavy (non-hydrogen) atoms. The number of esters is 1. The number of benzene rings is 2. The summed E-state index contributed by atoms with van der Waals surface area (Å²) in [4.78, 5) is 24.4. The Morgan fingerprint density at radius 2 is 1.85 bits per heavy atom. The lowest BCUT2D eigenvalue weighted by Crippen LogP contribution is -2.26. The standard InChI is InChI=1S/C22H22F3N3O5/c1-4-31-20(29)15(3)32-19-10-5-16(11-14(19)2)12-28-21(30)27(13-26-28)17-6-8-18(9-7-17)33-22(23,24)25/h5-11,13,15H,4,12H2,1-3H3. The van der Waals surface area contributed by atoms with Crippen LogP contribution >= 0.6 is 0 Å². The maximum atomic E-state index is 12.7. The molecule has 0 saturated carbocycles. The maximum Gasteiger partial charge on any atom is 0.573 e. The van der Waals surface area contributed by atoms with Crippen molar-refractivity contribution in [2.45, 2.75) is 39.8 Å². The molecule has 8 nitrogen and oxygen atoms in total. The van der Waals surface area contributed by atoms with Gasteiger partial charge in [-0.2, -0.15) is 5.10 Å². The van der Waals surface area contributed by atoms with Gasteiger partial charge in [0.2, 0.25) is 0 Å². The Morgan fingerprint density at radius 1 is 1.15 bits per heavy atom. The van der Waals surface area contributed by atoms with Crippen molar-refractivity contribution in [2.24, 2.45) is 0 Å². The predicted molar refractivity (Wildman–Crippen MR) is 112 cm³/mol. The number of nitrogens with zero attached hydrogens (tertiary/aromatic N) is 3. The third-order valence-electron chi connectivity index (χ3n) is 4.58. The van der Waals surface area contributed by atoms with E-state index < -0.39 is 24.1 Å². The van der Waals surface area contributed by atoms with Crippen molar-refractivity contribution in [2.75, 3.05) is 6.61 Å². The first-order chi connectivity index (χ1) is 15.6. The number of rotatable bonds is 8. The quantitative estimate of drug-likeness (QED) is 0.473. The van der Waals surface area contributed by atoms with Crippen LogP contribution in [0.5, 0.6) is 11.5 Å². The molecule has 0 aliphatic rings. The van der Waals surface area contributed by atoms with E-state index in [0.717, 1.165) is 23.3 Å². The topological polar surface area (TPSA) is 84.6 Å². The summed E-state index contributed by atoms with van der Waals surface area (Å²) >= 11 is 0. The monoisotopic (exact) mass is 465 g/mol. The molecule has 1 unspecified atom stereocenters. The number of alkyl halides is 3. The van der Waals surface area contributed by atoms with Crippen LogP contribution in [0.2, 0.25) is 0 Å². The number of halogens is 3. The number of aromatic nitrogens is 3. The molecule has 0 aliphatic heterocycles. The number of carbonyl (C=O) groups excluding carboxylic acids is 1. The van der Waals surface area contributed by atoms with E-state index in [2.05, 4.69) is 9.84 Å². The van der Waals surface area contributed by atoms with Crippen molar-refractivity contribution in [3.63, 3.8) is 0 Å². The molecule has 176 valence electrons. The molecule has 0 fully saturated rings. The van der Waals surface area contributed by atoms with Crippen LogP contribution in [-0.2, 0) is 16.1 Å². The van der Waals surface area contributed by atoms with Crippen molar-refractivity contribution < 1.29 is 32.2 Å². The second kappa shape index (κ2) is 9.80. The molecule has 1 aromatic heterocycles. The summed E-state index contributed by atoms with van der Waals surface area (Å²) in [5.41, 5.74) is 1.41. The zero-order valence-electron chi connectivity index (χ0n) is 18.1. The molecule has 1 atom stereocenters. The van der Waals surface area contributed by atoms with Gasteiger partial charge in [0.05, 0.1) is 18.8 Å². The third-order valence-corrected chi connectivity index (χ3v) is 4.58. The van der Waals surface area contributed by atoms with Crippen LogP contribution in [0.15, 0.2) is 53.6 Å². The maximum absolute atomic E-state index is 12.7. The van der Waals surface area contributed by atoms with Crippen LogP contribution in [0.25, 0.3) is 5.69 Å². The highest BCUT2D eigenvalue weighted by molar-refractivity contribution is 5.74. The van der Waals surface area contributed by atoms with Crippen molar-refractivity contribution in [3.05, 3.63) is 70.4 Å². The molecule has 0 bridgehead atoms. The van der Waals surface area contributed by atoms with Crippen molar-refractivity contribution in [1.82, 2.24) is 14.3 Å². The molecule has 0 aliphatic carbocycles. The average molecular weight is 465 g/mol. The van der Waals surface area contributed by atoms with Gasteiger partial charge in [0.15, 0.2) is 6.10 Å². The van der Waals surface area contributed by atoms with Gasteiger partial charge >= 0.3 is 18.0 Å². The number of carbonyl (C=O) groups is 1. The molecule has 0 N–H and O–H groups in total. The van der Waals surface area contributed by atoms with Gasteiger partial charge in [0.25, 0.3) is 0 Å². The van der Waals surface area contributed by atoms with Gasteiger partial charge in [0.1, 0.15) is 17.8 Å². The van der Waals surface area contributed by atoms with E-state index >= 15 is 0 Å². The number of ether oxygens (including phenoxy) is 3. The van der Waals surface area contributed by atoms with E-state index in [1.807, 2.05) is 13.0 Å². The minimum atomic E-state index is -4.79.